The van der Waals surface area contributed by atoms with E-state index >= 15 is 0 Å². The van der Waals surface area contributed by atoms with Gasteiger partial charge in [-0.1, -0.05) is 17.7 Å². The molecule has 0 radical (unpaired) electrons. The Bertz CT molecular complexity index is 330. The largest absolute Gasteiger partial charge is 0.207 e. The van der Waals surface area contributed by atoms with E-state index in [2.05, 4.69) is 0 Å². The number of nitrogens with zero attached hydrogens (tertiary/aromatic N) is 1. The Labute approximate surface area is 75.4 Å². The summed E-state index contributed by atoms with van der Waals surface area (Å²) in [4.78, 5) is 0. The van der Waals surface area contributed by atoms with Crippen molar-refractivity contribution in [2.24, 2.45) is 0 Å². The highest BCUT2D eigenvalue weighted by Crippen LogP contribution is 2.24. The van der Waals surface area contributed by atoms with Gasteiger partial charge in [0.15, 0.2) is 0 Å². The average Bonchev–Trinajstić information content (AvgIpc) is 2.03. The smallest absolute Gasteiger partial charge is 0.124 e. The van der Waals surface area contributed by atoms with Crippen molar-refractivity contribution in [3.63, 3.8) is 0 Å². The van der Waals surface area contributed by atoms with Gasteiger partial charge in [0.2, 0.25) is 0 Å². The molecule has 1 unspecified atom stereocenters. The van der Waals surface area contributed by atoms with Crippen LogP contribution in [0.1, 0.15) is 18.4 Å². The minimum Gasteiger partial charge on any atom is -0.207 e. The molecule has 0 aliphatic rings. The van der Waals surface area contributed by atoms with Crippen molar-refractivity contribution < 1.29 is 4.39 Å². The minimum atomic E-state index is -0.381. The second-order valence-corrected chi connectivity index (χ2v) is 2.92. The first-order valence-corrected chi connectivity index (χ1v) is 3.87. The van der Waals surface area contributed by atoms with Gasteiger partial charge in [-0.05, 0) is 24.6 Å². The van der Waals surface area contributed by atoms with E-state index < -0.39 is 0 Å². The summed E-state index contributed by atoms with van der Waals surface area (Å²) in [6.07, 6.45) is 0. The molecule has 0 spiro atoms. The predicted molar refractivity (Wildman–Crippen MR) is 45.4 cm³/mol. The fourth-order valence-electron chi connectivity index (χ4n) is 0.922. The van der Waals surface area contributed by atoms with Gasteiger partial charge in [0.05, 0.1) is 12.0 Å². The zero-order valence-corrected chi connectivity index (χ0v) is 7.27. The highest BCUT2D eigenvalue weighted by atomic mass is 35.5. The van der Waals surface area contributed by atoms with Crippen LogP contribution in [0.15, 0.2) is 18.2 Å². The standard InChI is InChI=1S/C9H7ClFN/c1-6(5-12)8-3-2-7(11)4-9(8)10/h2-4,6H,1H3. The van der Waals surface area contributed by atoms with Gasteiger partial charge in [-0.3, -0.25) is 0 Å². The van der Waals surface area contributed by atoms with E-state index in [1.54, 1.807) is 6.92 Å². The molecule has 0 N–H and O–H groups in total. The summed E-state index contributed by atoms with van der Waals surface area (Å²) in [5.41, 5.74) is 0.667. The number of halogens is 2. The zero-order valence-electron chi connectivity index (χ0n) is 6.51. The minimum absolute atomic E-state index is 0.293. The fraction of sp³-hybridized carbons (Fsp3) is 0.222. The van der Waals surface area contributed by atoms with E-state index in [4.69, 9.17) is 16.9 Å². The van der Waals surface area contributed by atoms with Gasteiger partial charge < -0.3 is 0 Å². The Hall–Kier alpha value is -1.07. The molecule has 1 nitrogen and oxygen atoms in total. The van der Waals surface area contributed by atoms with Gasteiger partial charge in [-0.15, -0.1) is 0 Å². The Morgan fingerprint density at radius 3 is 2.75 bits per heavy atom. The summed E-state index contributed by atoms with van der Waals surface area (Å²) in [6.45, 7) is 1.72. The molecule has 0 fully saturated rings. The Morgan fingerprint density at radius 2 is 2.25 bits per heavy atom. The van der Waals surface area contributed by atoms with Crippen molar-refractivity contribution in [1.82, 2.24) is 0 Å². The van der Waals surface area contributed by atoms with Gasteiger partial charge in [0.1, 0.15) is 5.82 Å². The Morgan fingerprint density at radius 1 is 1.58 bits per heavy atom. The molecule has 3 heteroatoms. The van der Waals surface area contributed by atoms with E-state index in [0.717, 1.165) is 0 Å². The van der Waals surface area contributed by atoms with Crippen molar-refractivity contribution in [3.8, 4) is 6.07 Å². The molecule has 0 saturated carbocycles. The van der Waals surface area contributed by atoms with Crippen LogP contribution in [0.2, 0.25) is 5.02 Å². The molecule has 0 aliphatic heterocycles. The third kappa shape index (κ3) is 1.75. The topological polar surface area (TPSA) is 23.8 Å². The molecule has 0 aromatic heterocycles. The van der Waals surface area contributed by atoms with Gasteiger partial charge >= 0.3 is 0 Å². The van der Waals surface area contributed by atoms with Crippen molar-refractivity contribution >= 4 is 11.6 Å². The molecule has 1 aromatic rings. The van der Waals surface area contributed by atoms with Crippen LogP contribution in [0.3, 0.4) is 0 Å². The van der Waals surface area contributed by atoms with Crippen molar-refractivity contribution in [3.05, 3.63) is 34.6 Å². The number of hydrogen-bond donors (Lipinski definition) is 0. The van der Waals surface area contributed by atoms with Crippen LogP contribution in [0.4, 0.5) is 4.39 Å². The molecular formula is C9H7ClFN. The summed E-state index contributed by atoms with van der Waals surface area (Å²) < 4.78 is 12.5. The molecule has 0 bridgehead atoms. The number of nitriles is 1. The summed E-state index contributed by atoms with van der Waals surface area (Å²) in [5.74, 6) is -0.674. The molecule has 0 heterocycles. The lowest BCUT2D eigenvalue weighted by Gasteiger charge is -2.04. The molecule has 1 aromatic carbocycles. The molecule has 0 saturated heterocycles. The van der Waals surface area contributed by atoms with Crippen LogP contribution < -0.4 is 0 Å². The van der Waals surface area contributed by atoms with Gasteiger partial charge in [-0.25, -0.2) is 4.39 Å². The summed E-state index contributed by atoms with van der Waals surface area (Å²) >= 11 is 5.71. The number of benzene rings is 1. The molecule has 0 aliphatic carbocycles. The lowest BCUT2D eigenvalue weighted by molar-refractivity contribution is 0.627. The van der Waals surface area contributed by atoms with E-state index in [0.29, 0.717) is 10.6 Å². The van der Waals surface area contributed by atoms with Gasteiger partial charge in [0, 0.05) is 5.02 Å². The maximum absolute atomic E-state index is 12.5. The van der Waals surface area contributed by atoms with Crippen molar-refractivity contribution in [2.75, 3.05) is 0 Å². The third-order valence-corrected chi connectivity index (χ3v) is 1.95. The van der Waals surface area contributed by atoms with Crippen molar-refractivity contribution in [1.29, 1.82) is 5.26 Å². The maximum atomic E-state index is 12.5. The van der Waals surface area contributed by atoms with Crippen LogP contribution in [-0.4, -0.2) is 0 Å². The Balaban J connectivity index is 3.11. The number of rotatable bonds is 1. The van der Waals surface area contributed by atoms with Crippen LogP contribution >= 0.6 is 11.6 Å². The third-order valence-electron chi connectivity index (χ3n) is 1.62. The van der Waals surface area contributed by atoms with Crippen LogP contribution in [0.25, 0.3) is 0 Å². The molecule has 1 atom stereocenters. The Kier molecular flexibility index (Phi) is 2.67. The fourth-order valence-corrected chi connectivity index (χ4v) is 1.25. The van der Waals surface area contributed by atoms with Gasteiger partial charge in [-0.2, -0.15) is 5.26 Å². The number of hydrogen-bond acceptors (Lipinski definition) is 1. The molecule has 0 amide bonds. The summed E-state index contributed by atoms with van der Waals surface area (Å²) in [7, 11) is 0. The first kappa shape index (κ1) is 9.02. The highest BCUT2D eigenvalue weighted by molar-refractivity contribution is 6.31. The highest BCUT2D eigenvalue weighted by Gasteiger charge is 2.08. The average molecular weight is 184 g/mol. The second-order valence-electron chi connectivity index (χ2n) is 2.52. The summed E-state index contributed by atoms with van der Waals surface area (Å²) in [5, 5.41) is 8.89. The predicted octanol–water partition coefficient (Wildman–Crippen LogP) is 3.11. The van der Waals surface area contributed by atoms with E-state index in [-0.39, 0.29) is 11.7 Å². The first-order valence-electron chi connectivity index (χ1n) is 3.49. The van der Waals surface area contributed by atoms with Crippen LogP contribution in [-0.2, 0) is 0 Å². The quantitative estimate of drug-likeness (QED) is 0.656. The van der Waals surface area contributed by atoms with E-state index in [1.807, 2.05) is 6.07 Å². The maximum Gasteiger partial charge on any atom is 0.124 e. The van der Waals surface area contributed by atoms with Crippen LogP contribution in [0.5, 0.6) is 0 Å². The van der Waals surface area contributed by atoms with Gasteiger partial charge in [0.25, 0.3) is 0 Å². The first-order chi connectivity index (χ1) is 5.65. The molecule has 62 valence electrons. The van der Waals surface area contributed by atoms with Crippen molar-refractivity contribution in [2.45, 2.75) is 12.8 Å². The molecule has 1 rings (SSSR count). The zero-order chi connectivity index (χ0) is 9.14. The normalized spacial score (nSPS) is 12.2. The SMILES string of the molecule is CC(C#N)c1ccc(F)cc1Cl. The lowest BCUT2D eigenvalue weighted by atomic mass is 10.0. The van der Waals surface area contributed by atoms with E-state index in [9.17, 15) is 4.39 Å². The molecule has 12 heavy (non-hydrogen) atoms. The lowest BCUT2D eigenvalue weighted by Crippen LogP contribution is -1.91. The van der Waals surface area contributed by atoms with E-state index in [1.165, 1.54) is 18.2 Å². The molecular weight excluding hydrogens is 177 g/mol. The summed E-state index contributed by atoms with van der Waals surface area (Å²) in [6, 6.07) is 6.08. The monoisotopic (exact) mass is 183 g/mol. The van der Waals surface area contributed by atoms with Crippen LogP contribution in [0, 0.1) is 17.1 Å². The second kappa shape index (κ2) is 3.55.